The van der Waals surface area contributed by atoms with Crippen LogP contribution in [0.5, 0.6) is 0 Å². The van der Waals surface area contributed by atoms with E-state index in [1.165, 1.54) is 5.56 Å². The summed E-state index contributed by atoms with van der Waals surface area (Å²) in [5.41, 5.74) is 1.09. The summed E-state index contributed by atoms with van der Waals surface area (Å²) in [5.74, 6) is 1.81. The molecule has 6 nitrogen and oxygen atoms in total. The summed E-state index contributed by atoms with van der Waals surface area (Å²) in [6, 6.07) is 2.00. The quantitative estimate of drug-likeness (QED) is 0.795. The lowest BCUT2D eigenvalue weighted by Gasteiger charge is -2.25. The summed E-state index contributed by atoms with van der Waals surface area (Å²) in [6.45, 7) is 9.96. The molecule has 4 rings (SSSR count). The molecule has 0 saturated carbocycles. The van der Waals surface area contributed by atoms with E-state index in [2.05, 4.69) is 59.4 Å². The highest BCUT2D eigenvalue weighted by Gasteiger charge is 2.27. The minimum Gasteiger partial charge on any atom is -0.311 e. The molecule has 1 aliphatic carbocycles. The first-order valence-electron chi connectivity index (χ1n) is 11.0. The van der Waals surface area contributed by atoms with Crippen molar-refractivity contribution in [3.8, 4) is 0 Å². The molecule has 1 N–H and O–H groups in total. The molecule has 2 aromatic heterocycles. The number of likely N-dealkylation sites (tertiary alicyclic amines) is 1. The van der Waals surface area contributed by atoms with Crippen molar-refractivity contribution in [3.63, 3.8) is 0 Å². The fourth-order valence-corrected chi connectivity index (χ4v) is 4.70. The van der Waals surface area contributed by atoms with E-state index in [9.17, 15) is 4.79 Å². The summed E-state index contributed by atoms with van der Waals surface area (Å²) in [5, 5.41) is 9.59. The number of carbonyl (C=O) groups excluding carboxylic acids is 1. The maximum Gasteiger partial charge on any atom is 0.225 e. The Morgan fingerprint density at radius 3 is 2.93 bits per heavy atom. The third-order valence-corrected chi connectivity index (χ3v) is 6.29. The molecule has 0 aromatic carbocycles. The summed E-state index contributed by atoms with van der Waals surface area (Å²) in [6.07, 6.45) is 12.9. The van der Waals surface area contributed by atoms with Gasteiger partial charge in [0.05, 0.1) is 6.20 Å². The van der Waals surface area contributed by atoms with Gasteiger partial charge in [-0.15, -0.1) is 0 Å². The normalized spacial score (nSPS) is 23.7. The number of nitrogens with zero attached hydrogens (tertiary/aromatic N) is 4. The highest BCUT2D eigenvalue weighted by molar-refractivity contribution is 5.90. The number of carbonyl (C=O) groups is 1. The Kier molecular flexibility index (Phi) is 5.78. The molecule has 0 radical (unpaired) electrons. The smallest absolute Gasteiger partial charge is 0.225 e. The second-order valence-corrected chi connectivity index (χ2v) is 9.63. The van der Waals surface area contributed by atoms with E-state index in [4.69, 9.17) is 0 Å². The van der Waals surface area contributed by atoms with Crippen molar-refractivity contribution in [2.45, 2.75) is 45.4 Å². The van der Waals surface area contributed by atoms with Crippen molar-refractivity contribution in [3.05, 3.63) is 40.7 Å². The predicted octanol–water partition coefficient (Wildman–Crippen LogP) is 2.29. The van der Waals surface area contributed by atoms with Crippen LogP contribution in [0, 0.1) is 11.8 Å². The van der Waals surface area contributed by atoms with E-state index < -0.39 is 0 Å². The first kappa shape index (κ1) is 20.8. The molecular formula is C24H35N5O. The second kappa shape index (κ2) is 8.34. The highest BCUT2D eigenvalue weighted by atomic mass is 16.1. The Morgan fingerprint density at radius 1 is 1.37 bits per heavy atom. The first-order chi connectivity index (χ1) is 14.3. The average molecular weight is 410 g/mol. The van der Waals surface area contributed by atoms with Gasteiger partial charge in [-0.05, 0) is 47.7 Å². The molecule has 2 aliphatic rings. The van der Waals surface area contributed by atoms with E-state index in [1.807, 2.05) is 30.2 Å². The summed E-state index contributed by atoms with van der Waals surface area (Å²) < 4.78 is 1.84. The number of fused-ring (bicyclic) bond motifs is 1. The van der Waals surface area contributed by atoms with E-state index in [-0.39, 0.29) is 12.7 Å². The molecule has 2 aromatic rings. The number of aryl methyl sites for hydroxylation is 1. The van der Waals surface area contributed by atoms with Crippen LogP contribution >= 0.6 is 0 Å². The van der Waals surface area contributed by atoms with Crippen LogP contribution < -0.4 is 15.8 Å². The molecule has 6 heteroatoms. The fraction of sp³-hybridized carbons (Fsp3) is 0.542. The SMILES string of the molecule is CC(C)CN1CCC(CC(=O)Nc2cc3c(cn2)=CCC(C)(c2cnn(C)c2)C=3)C1.[HH]. The summed E-state index contributed by atoms with van der Waals surface area (Å²) in [4.78, 5) is 19.6. The maximum absolute atomic E-state index is 12.6. The molecule has 1 amide bonds. The van der Waals surface area contributed by atoms with Gasteiger partial charge < -0.3 is 10.2 Å². The van der Waals surface area contributed by atoms with Crippen LogP contribution in [-0.4, -0.2) is 45.2 Å². The fourth-order valence-electron chi connectivity index (χ4n) is 4.70. The van der Waals surface area contributed by atoms with Gasteiger partial charge in [-0.25, -0.2) is 4.98 Å². The molecule has 0 bridgehead atoms. The molecule has 1 saturated heterocycles. The zero-order valence-corrected chi connectivity index (χ0v) is 18.6. The zero-order chi connectivity index (χ0) is 21.3. The molecule has 0 spiro atoms. The van der Waals surface area contributed by atoms with Crippen LogP contribution in [0.2, 0.25) is 0 Å². The molecule has 1 fully saturated rings. The van der Waals surface area contributed by atoms with Gasteiger partial charge in [0.25, 0.3) is 0 Å². The van der Waals surface area contributed by atoms with Crippen molar-refractivity contribution in [2.24, 2.45) is 18.9 Å². The first-order valence-corrected chi connectivity index (χ1v) is 11.0. The van der Waals surface area contributed by atoms with E-state index in [0.717, 1.165) is 42.9 Å². The number of amides is 1. The van der Waals surface area contributed by atoms with Crippen LogP contribution in [0.15, 0.2) is 24.7 Å². The highest BCUT2D eigenvalue weighted by Crippen LogP contribution is 2.30. The van der Waals surface area contributed by atoms with Crippen molar-refractivity contribution >= 4 is 23.9 Å². The van der Waals surface area contributed by atoms with Gasteiger partial charge in [-0.2, -0.15) is 5.10 Å². The predicted molar refractivity (Wildman–Crippen MR) is 122 cm³/mol. The Balaban J connectivity index is 0.00000272. The van der Waals surface area contributed by atoms with Crippen LogP contribution in [0.4, 0.5) is 5.82 Å². The van der Waals surface area contributed by atoms with Gasteiger partial charge in [0.15, 0.2) is 0 Å². The largest absolute Gasteiger partial charge is 0.311 e. The van der Waals surface area contributed by atoms with E-state index in [1.54, 1.807) is 0 Å². The molecular weight excluding hydrogens is 374 g/mol. The lowest BCUT2D eigenvalue weighted by atomic mass is 9.78. The minimum absolute atomic E-state index is 0. The Bertz CT molecular complexity index is 1050. The number of hydrogen-bond acceptors (Lipinski definition) is 4. The Hall–Kier alpha value is -2.47. The molecule has 2 unspecified atom stereocenters. The molecule has 162 valence electrons. The van der Waals surface area contributed by atoms with Crippen molar-refractivity contribution < 1.29 is 6.22 Å². The van der Waals surface area contributed by atoms with Crippen molar-refractivity contribution in [2.75, 3.05) is 25.0 Å². The van der Waals surface area contributed by atoms with Gasteiger partial charge in [-0.1, -0.05) is 32.9 Å². The zero-order valence-electron chi connectivity index (χ0n) is 18.6. The second-order valence-electron chi connectivity index (χ2n) is 9.63. The van der Waals surface area contributed by atoms with Crippen molar-refractivity contribution in [1.82, 2.24) is 19.7 Å². The lowest BCUT2D eigenvalue weighted by molar-refractivity contribution is -0.117. The average Bonchev–Trinajstić information content (AvgIpc) is 3.30. The van der Waals surface area contributed by atoms with Gasteiger partial charge in [0, 0.05) is 51.4 Å². The van der Waals surface area contributed by atoms with E-state index >= 15 is 0 Å². The van der Waals surface area contributed by atoms with Gasteiger partial charge >= 0.3 is 0 Å². The number of pyridine rings is 1. The van der Waals surface area contributed by atoms with Gasteiger partial charge in [0.2, 0.25) is 5.91 Å². The topological polar surface area (TPSA) is 63.1 Å². The molecule has 2 atom stereocenters. The summed E-state index contributed by atoms with van der Waals surface area (Å²) >= 11 is 0. The maximum atomic E-state index is 12.6. The number of anilines is 1. The standard InChI is InChI=1S/C24H33N5O.H2/c1-17(2)14-29-8-6-18(15-29)9-23(30)27-22-10-20-11-24(3,7-5-19(20)12-25-22)21-13-26-28(4)16-21;/h5,10-13,16-18H,6-9,14-15H2,1-4H3,(H,27,30);1H. The monoisotopic (exact) mass is 409 g/mol. The number of hydrogen-bond donors (Lipinski definition) is 1. The third-order valence-electron chi connectivity index (χ3n) is 6.29. The molecule has 3 heterocycles. The number of nitrogens with one attached hydrogen (secondary N) is 1. The van der Waals surface area contributed by atoms with Crippen molar-refractivity contribution in [1.29, 1.82) is 0 Å². The Morgan fingerprint density at radius 2 is 2.20 bits per heavy atom. The lowest BCUT2D eigenvalue weighted by Crippen LogP contribution is -2.35. The van der Waals surface area contributed by atoms with Gasteiger partial charge in [0.1, 0.15) is 5.82 Å². The Labute approximate surface area is 180 Å². The minimum atomic E-state index is -0.104. The third kappa shape index (κ3) is 4.64. The van der Waals surface area contributed by atoms with Crippen LogP contribution in [-0.2, 0) is 17.3 Å². The van der Waals surface area contributed by atoms with Crippen LogP contribution in [0.3, 0.4) is 0 Å². The number of aromatic nitrogens is 3. The molecule has 1 aliphatic heterocycles. The van der Waals surface area contributed by atoms with Crippen LogP contribution in [0.1, 0.15) is 47.0 Å². The van der Waals surface area contributed by atoms with Crippen LogP contribution in [0.25, 0.3) is 12.2 Å². The van der Waals surface area contributed by atoms with Gasteiger partial charge in [-0.3, -0.25) is 9.48 Å². The summed E-state index contributed by atoms with van der Waals surface area (Å²) in [7, 11) is 1.94. The number of rotatable bonds is 6. The van der Waals surface area contributed by atoms with E-state index in [0.29, 0.717) is 24.1 Å². The molecule has 30 heavy (non-hydrogen) atoms.